The van der Waals surface area contributed by atoms with Crippen LogP contribution in [0.5, 0.6) is 0 Å². The molecule has 10 aliphatic heterocycles. The SMILES string of the molecule is CN1c2ncncc2N2c3ccccc3CC12.Cc1ccccc1-c1ncc2c(n1)N1c3ccccc3CC1N2C.c1ccc2c(c1)CC1N2c2cncnc2N1c1ccncc1.c1cncc(N2c3ncncc3N3c4ccccc4CC32)c1.c1csc(N2c3ncncc3N3c4ccccc4CC32)c1. The average Bonchev–Trinajstić information content (AvgIpc) is 1.60. The zero-order valence-corrected chi connectivity index (χ0v) is 58.9. The zero-order chi connectivity index (χ0) is 70.5. The van der Waals surface area contributed by atoms with Gasteiger partial charge in [0.25, 0.3) is 0 Å². The second kappa shape index (κ2) is 25.6. The van der Waals surface area contributed by atoms with Crippen LogP contribution in [0, 0.1) is 6.92 Å². The highest BCUT2D eigenvalue weighted by atomic mass is 32.1. The highest BCUT2D eigenvalue weighted by Crippen LogP contribution is 2.56. The molecule has 6 aromatic carbocycles. The molecular formula is C83H68N22S. The van der Waals surface area contributed by atoms with Gasteiger partial charge in [0, 0.05) is 104 Å². The van der Waals surface area contributed by atoms with Crippen molar-refractivity contribution in [2.75, 3.05) is 63.1 Å². The summed E-state index contributed by atoms with van der Waals surface area (Å²) in [7, 11) is 4.23. The molecule has 0 N–H and O–H groups in total. The summed E-state index contributed by atoms with van der Waals surface area (Å²) in [5, 5.41) is 3.34. The van der Waals surface area contributed by atoms with E-state index in [1.165, 1.54) is 66.8 Å². The van der Waals surface area contributed by atoms with Crippen LogP contribution >= 0.6 is 11.3 Å². The summed E-state index contributed by atoms with van der Waals surface area (Å²) in [6, 6.07) is 63.5. The second-order valence-electron chi connectivity index (χ2n) is 27.3. The second-order valence-corrected chi connectivity index (χ2v) is 28.2. The van der Waals surface area contributed by atoms with Crippen LogP contribution in [0.4, 0.5) is 102 Å². The van der Waals surface area contributed by atoms with Crippen molar-refractivity contribution in [1.82, 2.24) is 59.8 Å². The van der Waals surface area contributed by atoms with Crippen molar-refractivity contribution < 1.29 is 0 Å². The molecule has 0 spiro atoms. The summed E-state index contributed by atoms with van der Waals surface area (Å²) < 4.78 is 0. The maximum absolute atomic E-state index is 4.95. The largest absolute Gasteiger partial charge is 0.349 e. The van der Waals surface area contributed by atoms with Gasteiger partial charge >= 0.3 is 0 Å². The Bertz CT molecular complexity index is 5480. The van der Waals surface area contributed by atoms with E-state index in [-0.39, 0.29) is 18.5 Å². The summed E-state index contributed by atoms with van der Waals surface area (Å²) in [5.74, 6) is 5.75. The van der Waals surface area contributed by atoms with Crippen molar-refractivity contribution in [3.63, 3.8) is 0 Å². The summed E-state index contributed by atoms with van der Waals surface area (Å²) in [6.07, 6.45) is 29.7. The first-order valence-electron chi connectivity index (χ1n) is 35.6. The summed E-state index contributed by atoms with van der Waals surface area (Å²) in [4.78, 5) is 75.9. The number of nitrogens with zero attached hydrogens (tertiary/aromatic N) is 22. The van der Waals surface area contributed by atoms with E-state index in [2.05, 4.69) is 282 Å². The van der Waals surface area contributed by atoms with Crippen molar-refractivity contribution in [3.05, 3.63) is 302 Å². The minimum atomic E-state index is 0.202. The number of pyridine rings is 2. The highest BCUT2D eigenvalue weighted by molar-refractivity contribution is 7.14. The van der Waals surface area contributed by atoms with E-state index in [0.717, 1.165) is 112 Å². The Labute approximate surface area is 616 Å². The number of likely N-dealkylation sites (N-methyl/N-ethyl adjacent to an activating group) is 2. The number of thiophene rings is 1. The van der Waals surface area contributed by atoms with Gasteiger partial charge in [-0.2, -0.15) is 0 Å². The molecule has 22 nitrogen and oxygen atoms in total. The molecule has 18 heterocycles. The molecule has 0 saturated heterocycles. The minimum absolute atomic E-state index is 0.202. The molecule has 516 valence electrons. The van der Waals surface area contributed by atoms with Crippen molar-refractivity contribution in [3.8, 4) is 11.4 Å². The van der Waals surface area contributed by atoms with Crippen LogP contribution in [0.25, 0.3) is 11.4 Å². The predicted octanol–water partition coefficient (Wildman–Crippen LogP) is 15.7. The monoisotopic (exact) mass is 1400 g/mol. The Morgan fingerprint density at radius 2 is 0.736 bits per heavy atom. The van der Waals surface area contributed by atoms with Crippen LogP contribution in [0.15, 0.2) is 268 Å². The van der Waals surface area contributed by atoms with E-state index in [0.29, 0.717) is 12.3 Å². The topological polar surface area (TPSA) is 187 Å². The number of aromatic nitrogens is 12. The Morgan fingerprint density at radius 1 is 0.302 bits per heavy atom. The van der Waals surface area contributed by atoms with Gasteiger partial charge in [-0.3, -0.25) is 14.9 Å². The van der Waals surface area contributed by atoms with Crippen LogP contribution in [0.3, 0.4) is 0 Å². The lowest BCUT2D eigenvalue weighted by molar-refractivity contribution is 0.699. The fourth-order valence-electron chi connectivity index (χ4n) is 17.0. The summed E-state index contributed by atoms with van der Waals surface area (Å²) in [5.41, 5.74) is 23.1. The molecule has 0 bridgehead atoms. The van der Waals surface area contributed by atoms with Gasteiger partial charge < -0.3 is 44.1 Å². The Kier molecular flexibility index (Phi) is 15.1. The van der Waals surface area contributed by atoms with Crippen LogP contribution in [-0.4, -0.2) is 105 Å². The first kappa shape index (κ1) is 62.5. The minimum Gasteiger partial charge on any atom is -0.349 e. The van der Waals surface area contributed by atoms with Crippen molar-refractivity contribution >= 4 is 114 Å². The van der Waals surface area contributed by atoms with Gasteiger partial charge in [0.15, 0.2) is 34.9 Å². The van der Waals surface area contributed by atoms with E-state index < -0.39 is 0 Å². The molecule has 0 radical (unpaired) electrons. The molecule has 24 rings (SSSR count). The molecule has 10 aliphatic rings. The molecule has 8 aromatic heterocycles. The summed E-state index contributed by atoms with van der Waals surface area (Å²) >= 11 is 1.75. The Morgan fingerprint density at radius 3 is 1.24 bits per heavy atom. The number of benzene rings is 6. The van der Waals surface area contributed by atoms with E-state index in [1.54, 1.807) is 42.8 Å². The normalized spacial score (nSPS) is 18.4. The molecule has 23 heteroatoms. The predicted molar refractivity (Wildman–Crippen MR) is 417 cm³/mol. The van der Waals surface area contributed by atoms with Gasteiger partial charge in [-0.15, -0.1) is 11.3 Å². The van der Waals surface area contributed by atoms with Gasteiger partial charge in [-0.25, -0.2) is 49.8 Å². The third-order valence-electron chi connectivity index (χ3n) is 21.6. The van der Waals surface area contributed by atoms with Crippen LogP contribution < -0.4 is 49.0 Å². The van der Waals surface area contributed by atoms with Crippen LogP contribution in [0.1, 0.15) is 33.4 Å². The fraction of sp³-hybridized carbons (Fsp3) is 0.157. The standard InChI is InChI=1S/C20H18N4.2C17H13N5.C16H12N4S.C13H12N4/c1-13-7-3-5-9-15(13)19-21-12-17-20(22-19)24-16-10-6-4-8-14(16)11-18(24)23(17)2;1-2-6-14-12(4-1)8-16-21(13-5-3-7-18-9-13)17-15(22(14)16)10-19-11-20-17;1-2-4-14-12(3-1)9-16-21(13-5-7-18-8-6-13)17-15(22(14)16)10-19-11-20-17;1-2-5-12-11(4-1)8-14-19(12)13-9-17-10-18-16(13)20(14)15-6-3-7-21-15;1-16-12-6-9-4-2-3-5-10(9)17(12)11-7-14-8-15-13(11)16/h3-10,12,18H,11H2,1-2H3;1-7,9-11,16H,8H2;1-8,10-11,16H,9H2;1-7,9-10,14H,8H2;2-5,7-8,12H,6H2,1H3. The maximum Gasteiger partial charge on any atom is 0.162 e. The lowest BCUT2D eigenvalue weighted by atomic mass is 10.1. The zero-order valence-electron chi connectivity index (χ0n) is 58.1. The van der Waals surface area contributed by atoms with Crippen molar-refractivity contribution in [1.29, 1.82) is 0 Å². The van der Waals surface area contributed by atoms with Crippen molar-refractivity contribution in [2.45, 2.75) is 69.9 Å². The molecule has 106 heavy (non-hydrogen) atoms. The smallest absolute Gasteiger partial charge is 0.162 e. The number of rotatable bonds is 4. The average molecular weight is 1410 g/mol. The highest BCUT2D eigenvalue weighted by Gasteiger charge is 2.48. The van der Waals surface area contributed by atoms with E-state index >= 15 is 0 Å². The molecule has 5 unspecified atom stereocenters. The van der Waals surface area contributed by atoms with Gasteiger partial charge in [0.2, 0.25) is 0 Å². The van der Waals surface area contributed by atoms with E-state index in [9.17, 15) is 0 Å². The van der Waals surface area contributed by atoms with Gasteiger partial charge in [0.1, 0.15) is 84.6 Å². The molecule has 0 fully saturated rings. The van der Waals surface area contributed by atoms with Crippen molar-refractivity contribution in [2.24, 2.45) is 0 Å². The molecule has 0 aliphatic carbocycles. The van der Waals surface area contributed by atoms with E-state index in [1.807, 2.05) is 79.9 Å². The molecule has 5 atom stereocenters. The fourth-order valence-corrected chi connectivity index (χ4v) is 17.8. The quantitative estimate of drug-likeness (QED) is 0.162. The Balaban J connectivity index is 0.0000000881. The van der Waals surface area contributed by atoms with Gasteiger partial charge in [-0.1, -0.05) is 115 Å². The number of fused-ring (bicyclic) bond motifs is 25. The maximum atomic E-state index is 4.95. The lowest BCUT2D eigenvalue weighted by Crippen LogP contribution is -2.36. The lowest BCUT2D eigenvalue weighted by Gasteiger charge is -2.26. The van der Waals surface area contributed by atoms with E-state index in [4.69, 9.17) is 4.98 Å². The molecule has 0 saturated carbocycles. The third kappa shape index (κ3) is 10.1. The molecular weight excluding hydrogens is 1340 g/mol. The number of hydrogen-bond acceptors (Lipinski definition) is 23. The van der Waals surface area contributed by atoms with Crippen LogP contribution in [0.2, 0.25) is 0 Å². The summed E-state index contributed by atoms with van der Waals surface area (Å²) in [6.45, 7) is 2.10. The van der Waals surface area contributed by atoms with Crippen LogP contribution in [-0.2, 0) is 32.1 Å². The first-order valence-corrected chi connectivity index (χ1v) is 36.4. The number of hydrogen-bond donors (Lipinski definition) is 0. The Hall–Kier alpha value is -13.3. The number of aryl methyl sites for hydroxylation is 1. The molecule has 0 amide bonds. The first-order chi connectivity index (χ1) is 52.4. The van der Waals surface area contributed by atoms with Gasteiger partial charge in [0.05, 0.1) is 47.9 Å². The number of anilines is 18. The van der Waals surface area contributed by atoms with Gasteiger partial charge in [-0.05, 0) is 112 Å². The number of para-hydroxylation sites is 5. The third-order valence-corrected chi connectivity index (χ3v) is 22.5. The molecule has 14 aromatic rings.